The average molecular weight is 325 g/mol. The van der Waals surface area contributed by atoms with Gasteiger partial charge in [-0.05, 0) is 32.1 Å². The number of benzene rings is 1. The van der Waals surface area contributed by atoms with Gasteiger partial charge >= 0.3 is 5.97 Å². The van der Waals surface area contributed by atoms with Crippen LogP contribution in [0.1, 0.15) is 22.8 Å². The van der Waals surface area contributed by atoms with Gasteiger partial charge in [0.2, 0.25) is 0 Å². The van der Waals surface area contributed by atoms with Crippen molar-refractivity contribution in [3.05, 3.63) is 39.4 Å². The summed E-state index contributed by atoms with van der Waals surface area (Å²) in [5.41, 5.74) is 0.389. The van der Waals surface area contributed by atoms with E-state index in [0.717, 1.165) is 0 Å². The summed E-state index contributed by atoms with van der Waals surface area (Å²) in [6.07, 6.45) is 0. The molecule has 1 rings (SSSR count). The highest BCUT2D eigenvalue weighted by Crippen LogP contribution is 2.19. The number of thiocarbonyl (C=S) groups is 1. The molecule has 1 aromatic carbocycles. The topological polar surface area (TPSA) is 111 Å². The fourth-order valence-corrected chi connectivity index (χ4v) is 1.70. The van der Waals surface area contributed by atoms with Gasteiger partial charge in [0.05, 0.1) is 11.5 Å². The van der Waals surface area contributed by atoms with Crippen LogP contribution in [-0.4, -0.2) is 35.1 Å². The summed E-state index contributed by atoms with van der Waals surface area (Å²) in [7, 11) is 0. The molecule has 0 unspecified atom stereocenters. The van der Waals surface area contributed by atoms with Gasteiger partial charge in [-0.15, -0.1) is 0 Å². The van der Waals surface area contributed by atoms with Crippen LogP contribution < -0.4 is 10.6 Å². The molecule has 9 heteroatoms. The number of esters is 1. The summed E-state index contributed by atoms with van der Waals surface area (Å²) in [6, 6.07) is 4.09. The van der Waals surface area contributed by atoms with Crippen LogP contribution in [0.4, 0.5) is 5.69 Å². The number of carbonyl (C=O) groups is 2. The minimum atomic E-state index is -0.607. The standard InChI is InChI=1S/C13H15N3O5S/c1-3-21-11(17)7-14-13(22)15-12(18)9-5-4-8(2)10(6-9)16(19)20/h4-6H,3,7H2,1-2H3,(H2,14,15,18,22). The van der Waals surface area contributed by atoms with Gasteiger partial charge in [-0.3, -0.25) is 25.0 Å². The predicted octanol–water partition coefficient (Wildman–Crippen LogP) is 1.07. The third-order valence-corrected chi connectivity index (χ3v) is 2.84. The van der Waals surface area contributed by atoms with Crippen LogP contribution in [0, 0.1) is 17.0 Å². The lowest BCUT2D eigenvalue weighted by Gasteiger charge is -2.09. The number of ether oxygens (including phenoxy) is 1. The SMILES string of the molecule is CCOC(=O)CNC(=S)NC(=O)c1ccc(C)c([N+](=O)[O-])c1. The quantitative estimate of drug-likeness (QED) is 0.360. The molecule has 0 aromatic heterocycles. The number of hydrogen-bond donors (Lipinski definition) is 2. The molecule has 0 spiro atoms. The third kappa shape index (κ3) is 5.09. The number of nitrogens with zero attached hydrogens (tertiary/aromatic N) is 1. The normalized spacial score (nSPS) is 9.73. The van der Waals surface area contributed by atoms with Crippen LogP contribution in [0.25, 0.3) is 0 Å². The van der Waals surface area contributed by atoms with E-state index in [2.05, 4.69) is 15.4 Å². The lowest BCUT2D eigenvalue weighted by molar-refractivity contribution is -0.385. The van der Waals surface area contributed by atoms with Crippen LogP contribution in [0.2, 0.25) is 0 Å². The lowest BCUT2D eigenvalue weighted by Crippen LogP contribution is -2.41. The fraction of sp³-hybridized carbons (Fsp3) is 0.308. The number of hydrogen-bond acceptors (Lipinski definition) is 6. The van der Waals surface area contributed by atoms with E-state index >= 15 is 0 Å². The van der Waals surface area contributed by atoms with E-state index in [-0.39, 0.29) is 29.5 Å². The second kappa shape index (κ2) is 8.03. The molecule has 22 heavy (non-hydrogen) atoms. The van der Waals surface area contributed by atoms with Crippen LogP contribution in [0.3, 0.4) is 0 Å². The van der Waals surface area contributed by atoms with E-state index in [0.29, 0.717) is 5.56 Å². The molecule has 1 amide bonds. The molecule has 8 nitrogen and oxygen atoms in total. The summed E-state index contributed by atoms with van der Waals surface area (Å²) < 4.78 is 4.69. The van der Waals surface area contributed by atoms with Crippen LogP contribution in [0.15, 0.2) is 18.2 Å². The summed E-state index contributed by atoms with van der Waals surface area (Å²) in [5, 5.41) is 15.6. The summed E-state index contributed by atoms with van der Waals surface area (Å²) in [4.78, 5) is 33.3. The zero-order chi connectivity index (χ0) is 16.7. The number of nitro benzene ring substituents is 1. The summed E-state index contributed by atoms with van der Waals surface area (Å²) in [6.45, 7) is 3.31. The maximum Gasteiger partial charge on any atom is 0.325 e. The van der Waals surface area contributed by atoms with Gasteiger partial charge in [-0.2, -0.15) is 0 Å². The lowest BCUT2D eigenvalue weighted by atomic mass is 10.1. The largest absolute Gasteiger partial charge is 0.465 e. The van der Waals surface area contributed by atoms with E-state index in [1.54, 1.807) is 13.8 Å². The minimum absolute atomic E-state index is 0.0683. The molecule has 0 radical (unpaired) electrons. The molecule has 0 saturated carbocycles. The van der Waals surface area contributed by atoms with Crippen LogP contribution >= 0.6 is 12.2 Å². The Labute approximate surface area is 132 Å². The highest BCUT2D eigenvalue weighted by atomic mass is 32.1. The van der Waals surface area contributed by atoms with Crippen molar-refractivity contribution in [3.8, 4) is 0 Å². The number of rotatable bonds is 5. The van der Waals surface area contributed by atoms with Gasteiger partial charge in [0.1, 0.15) is 6.54 Å². The van der Waals surface area contributed by atoms with Gasteiger partial charge in [-0.1, -0.05) is 6.07 Å². The van der Waals surface area contributed by atoms with Crippen molar-refractivity contribution in [2.75, 3.05) is 13.2 Å². The second-order valence-electron chi connectivity index (χ2n) is 4.20. The Bertz CT molecular complexity index is 618. The highest BCUT2D eigenvalue weighted by molar-refractivity contribution is 7.80. The molecule has 0 aliphatic heterocycles. The highest BCUT2D eigenvalue weighted by Gasteiger charge is 2.15. The molecule has 0 fully saturated rings. The Hall–Kier alpha value is -2.55. The average Bonchev–Trinajstić information content (AvgIpc) is 2.45. The maximum absolute atomic E-state index is 11.9. The Balaban J connectivity index is 2.65. The zero-order valence-corrected chi connectivity index (χ0v) is 12.9. The zero-order valence-electron chi connectivity index (χ0n) is 12.0. The second-order valence-corrected chi connectivity index (χ2v) is 4.61. The molecule has 2 N–H and O–H groups in total. The maximum atomic E-state index is 11.9. The molecule has 0 bridgehead atoms. The molecule has 0 aliphatic rings. The molecule has 0 aliphatic carbocycles. The number of amides is 1. The number of aryl methyl sites for hydroxylation is 1. The van der Waals surface area contributed by atoms with Crippen molar-refractivity contribution < 1.29 is 19.2 Å². The Morgan fingerprint density at radius 1 is 1.41 bits per heavy atom. The van der Waals surface area contributed by atoms with Crippen molar-refractivity contribution in [2.24, 2.45) is 0 Å². The first-order valence-corrected chi connectivity index (χ1v) is 6.75. The first-order chi connectivity index (χ1) is 10.3. The smallest absolute Gasteiger partial charge is 0.325 e. The van der Waals surface area contributed by atoms with Gasteiger partial charge in [-0.25, -0.2) is 0 Å². The van der Waals surface area contributed by atoms with E-state index in [4.69, 9.17) is 12.2 Å². The first kappa shape index (κ1) is 17.5. The van der Waals surface area contributed by atoms with Crippen molar-refractivity contribution in [1.82, 2.24) is 10.6 Å². The molecular formula is C13H15N3O5S. The fourth-order valence-electron chi connectivity index (χ4n) is 1.53. The molecule has 0 atom stereocenters. The minimum Gasteiger partial charge on any atom is -0.465 e. The molecule has 1 aromatic rings. The van der Waals surface area contributed by atoms with E-state index in [1.165, 1.54) is 18.2 Å². The monoisotopic (exact) mass is 325 g/mol. The van der Waals surface area contributed by atoms with Crippen molar-refractivity contribution >= 4 is 34.9 Å². The van der Waals surface area contributed by atoms with Crippen LogP contribution in [0.5, 0.6) is 0 Å². The Kier molecular flexibility index (Phi) is 6.39. The molecular weight excluding hydrogens is 310 g/mol. The van der Waals surface area contributed by atoms with E-state index in [1.807, 2.05) is 0 Å². The Morgan fingerprint density at radius 3 is 2.68 bits per heavy atom. The van der Waals surface area contributed by atoms with E-state index in [9.17, 15) is 19.7 Å². The van der Waals surface area contributed by atoms with Crippen molar-refractivity contribution in [1.29, 1.82) is 0 Å². The third-order valence-electron chi connectivity index (χ3n) is 2.59. The van der Waals surface area contributed by atoms with E-state index < -0.39 is 16.8 Å². The summed E-state index contributed by atoms with van der Waals surface area (Å²) >= 11 is 4.86. The van der Waals surface area contributed by atoms with Gasteiger partial charge < -0.3 is 10.1 Å². The molecule has 118 valence electrons. The predicted molar refractivity (Wildman–Crippen MR) is 82.5 cm³/mol. The van der Waals surface area contributed by atoms with Crippen molar-refractivity contribution in [2.45, 2.75) is 13.8 Å². The van der Waals surface area contributed by atoms with Gasteiger partial charge in [0, 0.05) is 17.2 Å². The van der Waals surface area contributed by atoms with Gasteiger partial charge in [0.15, 0.2) is 5.11 Å². The van der Waals surface area contributed by atoms with Crippen molar-refractivity contribution in [3.63, 3.8) is 0 Å². The van der Waals surface area contributed by atoms with Crippen LogP contribution in [-0.2, 0) is 9.53 Å². The van der Waals surface area contributed by atoms with Gasteiger partial charge in [0.25, 0.3) is 11.6 Å². The first-order valence-electron chi connectivity index (χ1n) is 6.35. The Morgan fingerprint density at radius 2 is 2.09 bits per heavy atom. The molecule has 0 saturated heterocycles. The number of carbonyl (C=O) groups excluding carboxylic acids is 2. The number of nitrogens with one attached hydrogen (secondary N) is 2. The number of nitro groups is 1. The summed E-state index contributed by atoms with van der Waals surface area (Å²) in [5.74, 6) is -1.12. The molecule has 0 heterocycles.